The fourth-order valence-corrected chi connectivity index (χ4v) is 0.856. The quantitative estimate of drug-likeness (QED) is 0.551. The lowest BCUT2D eigenvalue weighted by Crippen LogP contribution is -2.36. The maximum atomic E-state index is 10.5. The van der Waals surface area contributed by atoms with Crippen LogP contribution in [0.2, 0.25) is 0 Å². The van der Waals surface area contributed by atoms with Crippen molar-refractivity contribution >= 4 is 18.2 Å². The number of Topliss-reactive ketones (excluding diaryl/α,β-unsaturated/α-hetero) is 1. The van der Waals surface area contributed by atoms with Gasteiger partial charge in [-0.2, -0.15) is 0 Å². The Morgan fingerprint density at radius 2 is 2.33 bits per heavy atom. The van der Waals surface area contributed by atoms with Gasteiger partial charge in [0.2, 0.25) is 0 Å². The minimum absolute atomic E-state index is 0. The predicted octanol–water partition coefficient (Wildman–Crippen LogP) is 0.749. The Morgan fingerprint density at radius 3 is 2.67 bits per heavy atom. The third kappa shape index (κ3) is 2.82. The van der Waals surface area contributed by atoms with Gasteiger partial charge in [-0.15, -0.1) is 12.4 Å². The number of carbonyl (C=O) groups is 1. The molecule has 1 saturated heterocycles. The molecule has 0 saturated carbocycles. The Kier molecular flexibility index (Phi) is 3.82. The van der Waals surface area contributed by atoms with Gasteiger partial charge in [-0.1, -0.05) is 0 Å². The summed E-state index contributed by atoms with van der Waals surface area (Å²) < 4.78 is 0. The molecule has 1 N–H and O–H groups in total. The van der Waals surface area contributed by atoms with Gasteiger partial charge in [0.05, 0.1) is 6.54 Å². The van der Waals surface area contributed by atoms with E-state index in [1.54, 1.807) is 0 Å². The van der Waals surface area contributed by atoms with Crippen LogP contribution in [-0.2, 0) is 4.79 Å². The van der Waals surface area contributed by atoms with Gasteiger partial charge in [0.1, 0.15) is 5.78 Å². The van der Waals surface area contributed by atoms with Crippen LogP contribution in [0.4, 0.5) is 0 Å². The molecule has 1 fully saturated rings. The molecule has 54 valence electrons. The molecular weight excluding hydrogens is 138 g/mol. The van der Waals surface area contributed by atoms with Crippen molar-refractivity contribution in [2.45, 2.75) is 25.8 Å². The topological polar surface area (TPSA) is 29.1 Å². The van der Waals surface area contributed by atoms with Crippen LogP contribution in [0, 0.1) is 0 Å². The molecule has 0 aromatic rings. The highest BCUT2D eigenvalue weighted by Crippen LogP contribution is 2.01. The number of nitrogens with one attached hydrogen (secondary N) is 1. The lowest BCUT2D eigenvalue weighted by molar-refractivity contribution is -0.119. The number of piperidine rings is 1. The van der Waals surface area contributed by atoms with Crippen LogP contribution in [0.25, 0.3) is 0 Å². The first kappa shape index (κ1) is 8.92. The maximum Gasteiger partial charge on any atom is 0.146 e. The molecule has 9 heavy (non-hydrogen) atoms. The Morgan fingerprint density at radius 1 is 1.67 bits per heavy atom. The van der Waals surface area contributed by atoms with E-state index < -0.39 is 0 Å². The molecule has 1 rings (SSSR count). The molecule has 1 aliphatic heterocycles. The predicted molar refractivity (Wildman–Crippen MR) is 39.0 cm³/mol. The van der Waals surface area contributed by atoms with Crippen LogP contribution < -0.4 is 5.32 Å². The maximum absolute atomic E-state index is 10.5. The summed E-state index contributed by atoms with van der Waals surface area (Å²) in [4.78, 5) is 10.5. The van der Waals surface area contributed by atoms with Gasteiger partial charge in [0.25, 0.3) is 0 Å². The summed E-state index contributed by atoms with van der Waals surface area (Å²) in [5.41, 5.74) is 0. The van der Waals surface area contributed by atoms with Crippen molar-refractivity contribution < 1.29 is 4.79 Å². The van der Waals surface area contributed by atoms with Gasteiger partial charge in [0, 0.05) is 12.5 Å². The summed E-state index contributed by atoms with van der Waals surface area (Å²) in [6.45, 7) is 2.69. The molecular formula is C6H12ClNO. The smallest absolute Gasteiger partial charge is 0.146 e. The third-order valence-electron chi connectivity index (χ3n) is 1.50. The molecule has 1 atom stereocenters. The number of hydrogen-bond donors (Lipinski definition) is 1. The second kappa shape index (κ2) is 3.85. The van der Waals surface area contributed by atoms with Crippen LogP contribution in [0.15, 0.2) is 0 Å². The van der Waals surface area contributed by atoms with Crippen molar-refractivity contribution in [2.24, 2.45) is 0 Å². The third-order valence-corrected chi connectivity index (χ3v) is 1.50. The number of hydrogen-bond acceptors (Lipinski definition) is 2. The lowest BCUT2D eigenvalue weighted by Gasteiger charge is -2.17. The average Bonchev–Trinajstić information content (AvgIpc) is 1.77. The molecule has 0 aromatic carbocycles. The van der Waals surface area contributed by atoms with E-state index in [1.165, 1.54) is 0 Å². The second-order valence-electron chi connectivity index (χ2n) is 2.36. The number of carbonyl (C=O) groups excluding carboxylic acids is 1. The summed E-state index contributed by atoms with van der Waals surface area (Å²) in [7, 11) is 0. The molecule has 0 unspecified atom stereocenters. The van der Waals surface area contributed by atoms with Crippen molar-refractivity contribution in [3.05, 3.63) is 0 Å². The highest BCUT2D eigenvalue weighted by atomic mass is 35.5. The van der Waals surface area contributed by atoms with E-state index in [-0.39, 0.29) is 12.4 Å². The first-order chi connectivity index (χ1) is 3.79. The highest BCUT2D eigenvalue weighted by molar-refractivity contribution is 5.85. The second-order valence-corrected chi connectivity index (χ2v) is 2.36. The summed E-state index contributed by atoms with van der Waals surface area (Å²) in [5, 5.41) is 3.08. The largest absolute Gasteiger partial charge is 0.307 e. The van der Waals surface area contributed by atoms with E-state index in [0.29, 0.717) is 18.4 Å². The van der Waals surface area contributed by atoms with E-state index in [1.807, 2.05) is 0 Å². The zero-order chi connectivity index (χ0) is 5.98. The van der Waals surface area contributed by atoms with Gasteiger partial charge in [-0.05, 0) is 13.3 Å². The molecule has 0 radical (unpaired) electrons. The first-order valence-electron chi connectivity index (χ1n) is 3.04. The molecule has 0 aromatic heterocycles. The molecule has 0 bridgehead atoms. The van der Waals surface area contributed by atoms with Crippen LogP contribution in [0.5, 0.6) is 0 Å². The Labute approximate surface area is 61.4 Å². The van der Waals surface area contributed by atoms with Crippen LogP contribution in [0.3, 0.4) is 0 Å². The van der Waals surface area contributed by atoms with Crippen molar-refractivity contribution in [1.82, 2.24) is 5.32 Å². The van der Waals surface area contributed by atoms with E-state index in [9.17, 15) is 4.79 Å². The lowest BCUT2D eigenvalue weighted by atomic mass is 10.1. The zero-order valence-electron chi connectivity index (χ0n) is 5.52. The molecule has 0 amide bonds. The van der Waals surface area contributed by atoms with Crippen molar-refractivity contribution in [2.75, 3.05) is 6.54 Å². The standard InChI is InChI=1S/C6H11NO.ClH/c1-5-2-3-6(8)4-7-5;/h5,7H,2-4H2,1H3;1H/t5-;/m1./s1. The monoisotopic (exact) mass is 149 g/mol. The minimum Gasteiger partial charge on any atom is -0.307 e. The molecule has 1 aliphatic rings. The molecule has 1 heterocycles. The van der Waals surface area contributed by atoms with Gasteiger partial charge >= 0.3 is 0 Å². The number of ketones is 1. The van der Waals surface area contributed by atoms with Gasteiger partial charge in [0.15, 0.2) is 0 Å². The fourth-order valence-electron chi connectivity index (χ4n) is 0.856. The number of rotatable bonds is 0. The molecule has 3 heteroatoms. The minimum atomic E-state index is 0. The summed E-state index contributed by atoms with van der Waals surface area (Å²) in [6, 6.07) is 0.549. The summed E-state index contributed by atoms with van der Waals surface area (Å²) in [6.07, 6.45) is 1.78. The van der Waals surface area contributed by atoms with E-state index in [0.717, 1.165) is 12.8 Å². The summed E-state index contributed by atoms with van der Waals surface area (Å²) in [5.74, 6) is 0.350. The van der Waals surface area contributed by atoms with Crippen LogP contribution in [-0.4, -0.2) is 18.4 Å². The fraction of sp³-hybridized carbons (Fsp3) is 0.833. The molecule has 0 aliphatic carbocycles. The average molecular weight is 150 g/mol. The highest BCUT2D eigenvalue weighted by Gasteiger charge is 2.12. The Bertz CT molecular complexity index is 95.2. The van der Waals surface area contributed by atoms with Crippen LogP contribution >= 0.6 is 12.4 Å². The first-order valence-corrected chi connectivity index (χ1v) is 3.04. The van der Waals surface area contributed by atoms with Gasteiger partial charge in [-0.25, -0.2) is 0 Å². The Balaban J connectivity index is 0.000000640. The van der Waals surface area contributed by atoms with Gasteiger partial charge < -0.3 is 5.32 Å². The molecule has 2 nitrogen and oxygen atoms in total. The van der Waals surface area contributed by atoms with Gasteiger partial charge in [-0.3, -0.25) is 4.79 Å². The van der Waals surface area contributed by atoms with Crippen molar-refractivity contribution in [3.63, 3.8) is 0 Å². The van der Waals surface area contributed by atoms with Crippen molar-refractivity contribution in [3.8, 4) is 0 Å². The van der Waals surface area contributed by atoms with E-state index in [4.69, 9.17) is 0 Å². The van der Waals surface area contributed by atoms with Crippen molar-refractivity contribution in [1.29, 1.82) is 0 Å². The number of halogens is 1. The Hall–Kier alpha value is -0.0800. The SMILES string of the molecule is C[C@@H]1CCC(=O)CN1.Cl. The van der Waals surface area contributed by atoms with E-state index >= 15 is 0 Å². The zero-order valence-corrected chi connectivity index (χ0v) is 6.33. The summed E-state index contributed by atoms with van der Waals surface area (Å²) >= 11 is 0. The molecule has 0 spiro atoms. The van der Waals surface area contributed by atoms with Crippen LogP contribution in [0.1, 0.15) is 19.8 Å². The normalized spacial score (nSPS) is 27.2. The van der Waals surface area contributed by atoms with E-state index in [2.05, 4.69) is 12.2 Å².